The van der Waals surface area contributed by atoms with Crippen LogP contribution in [0, 0.1) is 0 Å². The van der Waals surface area contributed by atoms with Crippen molar-refractivity contribution in [3.8, 4) is 5.75 Å². The van der Waals surface area contributed by atoms with Gasteiger partial charge in [0.2, 0.25) is 0 Å². The average molecular weight is 359 g/mol. The number of carboxylic acid groups (broad SMARTS) is 1. The molecular formula is C19H25N3O4. The van der Waals surface area contributed by atoms with Crippen molar-refractivity contribution >= 4 is 11.9 Å². The standard InChI is InChI=1S/C19H25N3O4/c1-19(2,3)16-11-15(21-22-16)18(25)20-12-13-6-8-14(9-7-13)26-10-4-5-17(23)24/h6-9,11H,4-5,10,12H2,1-3H3,(H,20,25)(H,21,22)(H,23,24). The van der Waals surface area contributed by atoms with Crippen molar-refractivity contribution in [2.75, 3.05) is 6.61 Å². The molecule has 0 bridgehead atoms. The van der Waals surface area contributed by atoms with Gasteiger partial charge in [-0.25, -0.2) is 0 Å². The topological polar surface area (TPSA) is 104 Å². The number of aromatic amines is 1. The molecule has 1 amide bonds. The fourth-order valence-electron chi connectivity index (χ4n) is 2.21. The first-order valence-electron chi connectivity index (χ1n) is 8.53. The van der Waals surface area contributed by atoms with E-state index in [2.05, 4.69) is 15.5 Å². The maximum absolute atomic E-state index is 12.2. The number of nitrogens with zero attached hydrogens (tertiary/aromatic N) is 1. The third-order valence-electron chi connectivity index (χ3n) is 3.80. The molecule has 0 saturated heterocycles. The second kappa shape index (κ2) is 8.51. The molecule has 1 aromatic carbocycles. The Balaban J connectivity index is 1.81. The summed E-state index contributed by atoms with van der Waals surface area (Å²) in [5, 5.41) is 18.4. The Morgan fingerprint density at radius 2 is 1.92 bits per heavy atom. The van der Waals surface area contributed by atoms with Crippen molar-refractivity contribution in [3.63, 3.8) is 0 Å². The van der Waals surface area contributed by atoms with Gasteiger partial charge in [0.25, 0.3) is 5.91 Å². The number of carbonyl (C=O) groups is 2. The Morgan fingerprint density at radius 3 is 2.50 bits per heavy atom. The van der Waals surface area contributed by atoms with Crippen LogP contribution in [0.15, 0.2) is 30.3 Å². The van der Waals surface area contributed by atoms with E-state index in [0.29, 0.717) is 31.0 Å². The predicted molar refractivity (Wildman–Crippen MR) is 97.3 cm³/mol. The second-order valence-electron chi connectivity index (χ2n) is 7.09. The Morgan fingerprint density at radius 1 is 1.23 bits per heavy atom. The minimum atomic E-state index is -0.828. The van der Waals surface area contributed by atoms with Gasteiger partial charge in [-0.1, -0.05) is 32.9 Å². The minimum Gasteiger partial charge on any atom is -0.494 e. The van der Waals surface area contributed by atoms with Crippen LogP contribution in [-0.4, -0.2) is 33.8 Å². The lowest BCUT2D eigenvalue weighted by Gasteiger charge is -2.14. The molecule has 2 rings (SSSR count). The van der Waals surface area contributed by atoms with Crippen LogP contribution in [0.2, 0.25) is 0 Å². The van der Waals surface area contributed by atoms with E-state index in [9.17, 15) is 9.59 Å². The van der Waals surface area contributed by atoms with E-state index in [1.807, 2.05) is 32.9 Å². The number of aliphatic carboxylic acids is 1. The Labute approximate surface area is 152 Å². The maximum Gasteiger partial charge on any atom is 0.303 e. The zero-order valence-corrected chi connectivity index (χ0v) is 15.3. The zero-order valence-electron chi connectivity index (χ0n) is 15.3. The van der Waals surface area contributed by atoms with Crippen LogP contribution in [0.1, 0.15) is 55.4 Å². The number of benzene rings is 1. The molecule has 2 aromatic rings. The van der Waals surface area contributed by atoms with Crippen LogP contribution in [0.3, 0.4) is 0 Å². The van der Waals surface area contributed by atoms with Gasteiger partial charge in [0.15, 0.2) is 0 Å². The zero-order chi connectivity index (χ0) is 19.2. The van der Waals surface area contributed by atoms with E-state index in [-0.39, 0.29) is 17.7 Å². The summed E-state index contributed by atoms with van der Waals surface area (Å²) >= 11 is 0. The van der Waals surface area contributed by atoms with E-state index in [1.165, 1.54) is 0 Å². The van der Waals surface area contributed by atoms with Crippen LogP contribution in [0.4, 0.5) is 0 Å². The molecule has 0 aliphatic heterocycles. The quantitative estimate of drug-likeness (QED) is 0.629. The summed E-state index contributed by atoms with van der Waals surface area (Å²) in [5.41, 5.74) is 2.12. The number of aromatic nitrogens is 2. The highest BCUT2D eigenvalue weighted by atomic mass is 16.5. The van der Waals surface area contributed by atoms with E-state index in [4.69, 9.17) is 9.84 Å². The normalized spacial score (nSPS) is 11.2. The van der Waals surface area contributed by atoms with Gasteiger partial charge in [0.1, 0.15) is 11.4 Å². The van der Waals surface area contributed by atoms with Gasteiger partial charge >= 0.3 is 5.97 Å². The van der Waals surface area contributed by atoms with Crippen molar-refractivity contribution in [1.29, 1.82) is 0 Å². The van der Waals surface area contributed by atoms with Gasteiger partial charge < -0.3 is 15.2 Å². The molecule has 7 nitrogen and oxygen atoms in total. The number of nitrogens with one attached hydrogen (secondary N) is 2. The minimum absolute atomic E-state index is 0.0914. The van der Waals surface area contributed by atoms with Crippen molar-refractivity contribution in [2.24, 2.45) is 0 Å². The first-order chi connectivity index (χ1) is 12.3. The molecule has 1 aromatic heterocycles. The fourth-order valence-corrected chi connectivity index (χ4v) is 2.21. The van der Waals surface area contributed by atoms with Crippen molar-refractivity contribution in [3.05, 3.63) is 47.3 Å². The molecule has 0 atom stereocenters. The maximum atomic E-state index is 12.2. The Kier molecular flexibility index (Phi) is 6.38. The molecule has 3 N–H and O–H groups in total. The largest absolute Gasteiger partial charge is 0.494 e. The van der Waals surface area contributed by atoms with Crippen molar-refractivity contribution in [2.45, 2.75) is 45.6 Å². The van der Waals surface area contributed by atoms with E-state index < -0.39 is 5.97 Å². The van der Waals surface area contributed by atoms with Crippen LogP contribution < -0.4 is 10.1 Å². The highest BCUT2D eigenvalue weighted by Gasteiger charge is 2.19. The fraction of sp³-hybridized carbons (Fsp3) is 0.421. The summed E-state index contributed by atoms with van der Waals surface area (Å²) in [6.45, 7) is 6.89. The SMILES string of the molecule is CC(C)(C)c1cc(C(=O)NCc2ccc(OCCCC(=O)O)cc2)n[nH]1. The molecule has 0 fully saturated rings. The Bertz CT molecular complexity index is 745. The molecule has 0 spiro atoms. The summed E-state index contributed by atoms with van der Waals surface area (Å²) < 4.78 is 5.48. The number of amides is 1. The van der Waals surface area contributed by atoms with Gasteiger partial charge in [-0.15, -0.1) is 0 Å². The van der Waals surface area contributed by atoms with Gasteiger partial charge in [-0.05, 0) is 30.2 Å². The molecule has 26 heavy (non-hydrogen) atoms. The Hall–Kier alpha value is -2.83. The van der Waals surface area contributed by atoms with Crippen molar-refractivity contribution < 1.29 is 19.4 Å². The number of hydrogen-bond acceptors (Lipinski definition) is 4. The molecule has 1 heterocycles. The lowest BCUT2D eigenvalue weighted by atomic mass is 9.92. The number of H-pyrrole nitrogens is 1. The van der Waals surface area contributed by atoms with E-state index in [0.717, 1.165) is 11.3 Å². The lowest BCUT2D eigenvalue weighted by Crippen LogP contribution is -2.23. The number of carboxylic acids is 1. The van der Waals surface area contributed by atoms with Crippen LogP contribution in [-0.2, 0) is 16.8 Å². The number of ether oxygens (including phenoxy) is 1. The summed E-state index contributed by atoms with van der Waals surface area (Å²) in [7, 11) is 0. The average Bonchev–Trinajstić information content (AvgIpc) is 3.08. The van der Waals surface area contributed by atoms with Crippen LogP contribution in [0.5, 0.6) is 5.75 Å². The molecule has 0 aliphatic carbocycles. The molecule has 140 valence electrons. The molecule has 0 radical (unpaired) electrons. The lowest BCUT2D eigenvalue weighted by molar-refractivity contribution is -0.137. The van der Waals surface area contributed by atoms with E-state index in [1.54, 1.807) is 18.2 Å². The second-order valence-corrected chi connectivity index (χ2v) is 7.09. The monoisotopic (exact) mass is 359 g/mol. The first-order valence-corrected chi connectivity index (χ1v) is 8.53. The van der Waals surface area contributed by atoms with Gasteiger partial charge in [0.05, 0.1) is 6.61 Å². The number of rotatable bonds is 8. The van der Waals surface area contributed by atoms with Gasteiger partial charge in [0, 0.05) is 24.1 Å². The predicted octanol–water partition coefficient (Wildman–Crippen LogP) is 2.88. The summed E-state index contributed by atoms with van der Waals surface area (Å²) in [6, 6.07) is 9.09. The van der Waals surface area contributed by atoms with E-state index >= 15 is 0 Å². The third-order valence-corrected chi connectivity index (χ3v) is 3.80. The summed E-state index contributed by atoms with van der Waals surface area (Å²) in [6.07, 6.45) is 0.557. The molecule has 0 unspecified atom stereocenters. The summed E-state index contributed by atoms with van der Waals surface area (Å²) in [5.74, 6) is -0.385. The molecule has 0 aliphatic rings. The van der Waals surface area contributed by atoms with Crippen LogP contribution in [0.25, 0.3) is 0 Å². The van der Waals surface area contributed by atoms with Crippen molar-refractivity contribution in [1.82, 2.24) is 15.5 Å². The van der Waals surface area contributed by atoms with Gasteiger partial charge in [-0.2, -0.15) is 5.10 Å². The molecule has 0 saturated carbocycles. The summed E-state index contributed by atoms with van der Waals surface area (Å²) in [4.78, 5) is 22.6. The smallest absolute Gasteiger partial charge is 0.303 e. The molecular weight excluding hydrogens is 334 g/mol. The highest BCUT2D eigenvalue weighted by molar-refractivity contribution is 5.92. The highest BCUT2D eigenvalue weighted by Crippen LogP contribution is 2.20. The number of carbonyl (C=O) groups excluding carboxylic acids is 1. The molecule has 7 heteroatoms. The van der Waals surface area contributed by atoms with Crippen LogP contribution >= 0.6 is 0 Å². The third kappa shape index (κ3) is 5.91. The first kappa shape index (κ1) is 19.5. The number of hydrogen-bond donors (Lipinski definition) is 3. The van der Waals surface area contributed by atoms with Gasteiger partial charge in [-0.3, -0.25) is 14.7 Å².